The molecule has 0 radical (unpaired) electrons. The predicted molar refractivity (Wildman–Crippen MR) is 71.5 cm³/mol. The van der Waals surface area contributed by atoms with Crippen LogP contribution in [0.2, 0.25) is 0 Å². The summed E-state index contributed by atoms with van der Waals surface area (Å²) in [4.78, 5) is 25.8. The van der Waals surface area contributed by atoms with Crippen molar-refractivity contribution in [1.29, 1.82) is 0 Å². The van der Waals surface area contributed by atoms with Crippen molar-refractivity contribution in [3.63, 3.8) is 0 Å². The van der Waals surface area contributed by atoms with Crippen LogP contribution in [-0.2, 0) is 9.59 Å². The molecule has 6 heteroatoms. The molecule has 4 N–H and O–H groups in total. The highest BCUT2D eigenvalue weighted by atomic mass is 32.1. The largest absolute Gasteiger partial charge is 0.392 e. The molecule has 2 amide bonds. The van der Waals surface area contributed by atoms with Gasteiger partial charge in [-0.1, -0.05) is 12.2 Å². The molecule has 0 spiro atoms. The summed E-state index contributed by atoms with van der Waals surface area (Å²) < 4.78 is 0. The number of carbonyl (C=O) groups is 2. The third kappa shape index (κ3) is 2.09. The number of thiocarbonyl (C=S) groups is 1. The molecule has 2 unspecified atom stereocenters. The van der Waals surface area contributed by atoms with E-state index < -0.39 is 5.41 Å². The molecule has 1 aliphatic heterocycles. The average Bonchev–Trinajstić information content (AvgIpc) is 3.09. The van der Waals surface area contributed by atoms with E-state index in [1.165, 1.54) is 0 Å². The fourth-order valence-corrected chi connectivity index (χ4v) is 2.88. The average molecular weight is 269 g/mol. The van der Waals surface area contributed by atoms with Crippen LogP contribution < -0.4 is 11.5 Å². The second-order valence-electron chi connectivity index (χ2n) is 5.43. The zero-order valence-electron chi connectivity index (χ0n) is 10.5. The highest BCUT2D eigenvalue weighted by Gasteiger charge is 2.55. The second-order valence-corrected chi connectivity index (χ2v) is 5.87. The van der Waals surface area contributed by atoms with Gasteiger partial charge in [0.15, 0.2) is 0 Å². The quantitative estimate of drug-likeness (QED) is 0.714. The van der Waals surface area contributed by atoms with Gasteiger partial charge < -0.3 is 16.4 Å². The van der Waals surface area contributed by atoms with Gasteiger partial charge >= 0.3 is 0 Å². The van der Waals surface area contributed by atoms with Crippen molar-refractivity contribution in [2.75, 3.05) is 6.54 Å². The van der Waals surface area contributed by atoms with Crippen LogP contribution in [0.25, 0.3) is 0 Å². The van der Waals surface area contributed by atoms with Crippen molar-refractivity contribution in [2.24, 2.45) is 22.8 Å². The van der Waals surface area contributed by atoms with Crippen molar-refractivity contribution in [3.8, 4) is 0 Å². The van der Waals surface area contributed by atoms with Crippen LogP contribution in [-0.4, -0.2) is 34.3 Å². The van der Waals surface area contributed by atoms with Gasteiger partial charge in [0.2, 0.25) is 11.8 Å². The number of rotatable bonds is 3. The van der Waals surface area contributed by atoms with Crippen molar-refractivity contribution in [2.45, 2.75) is 38.6 Å². The van der Waals surface area contributed by atoms with E-state index in [9.17, 15) is 9.59 Å². The normalized spacial score (nSPS) is 29.7. The predicted octanol–water partition coefficient (Wildman–Crippen LogP) is 0.165. The Morgan fingerprint density at radius 1 is 1.28 bits per heavy atom. The van der Waals surface area contributed by atoms with Crippen LogP contribution in [0.15, 0.2) is 0 Å². The summed E-state index contributed by atoms with van der Waals surface area (Å²) in [6, 6.07) is 0.125. The standard InChI is InChI=1S/C12H19N3O2S/c1-7-2-3-8(9(13)16)6-15(7)11(17)12(4-5-12)10(14)18/h7-8H,2-6H2,1H3,(H2,13,16)(H2,14,18). The van der Waals surface area contributed by atoms with Gasteiger partial charge in [-0.15, -0.1) is 0 Å². The number of nitrogens with zero attached hydrogens (tertiary/aromatic N) is 1. The maximum Gasteiger partial charge on any atom is 0.235 e. The van der Waals surface area contributed by atoms with E-state index in [2.05, 4.69) is 0 Å². The summed E-state index contributed by atoms with van der Waals surface area (Å²) >= 11 is 5.00. The topological polar surface area (TPSA) is 89.4 Å². The number of carbonyl (C=O) groups excluding carboxylic acids is 2. The Bertz CT molecular complexity index is 406. The molecule has 18 heavy (non-hydrogen) atoms. The molecule has 2 rings (SSSR count). The number of hydrogen-bond acceptors (Lipinski definition) is 3. The van der Waals surface area contributed by atoms with Crippen LogP contribution in [0.3, 0.4) is 0 Å². The van der Waals surface area contributed by atoms with Gasteiger partial charge in [-0.25, -0.2) is 0 Å². The van der Waals surface area contributed by atoms with E-state index in [0.29, 0.717) is 6.54 Å². The molecular formula is C12H19N3O2S. The van der Waals surface area contributed by atoms with Gasteiger partial charge in [0, 0.05) is 12.6 Å². The minimum absolute atomic E-state index is 0.0200. The van der Waals surface area contributed by atoms with Crippen LogP contribution >= 0.6 is 12.2 Å². The third-order valence-corrected chi connectivity index (χ3v) is 4.57. The SMILES string of the molecule is CC1CCC(C(N)=O)CN1C(=O)C1(C(N)=S)CC1. The maximum absolute atomic E-state index is 12.5. The van der Waals surface area contributed by atoms with Gasteiger partial charge in [-0.2, -0.15) is 0 Å². The Balaban J connectivity index is 2.13. The maximum atomic E-state index is 12.5. The van der Waals surface area contributed by atoms with E-state index in [-0.39, 0.29) is 28.8 Å². The fourth-order valence-electron chi connectivity index (χ4n) is 2.59. The summed E-state index contributed by atoms with van der Waals surface area (Å²) in [5.41, 5.74) is 10.4. The van der Waals surface area contributed by atoms with Gasteiger partial charge in [0.25, 0.3) is 0 Å². The molecule has 1 saturated carbocycles. The van der Waals surface area contributed by atoms with Gasteiger partial charge in [0.1, 0.15) is 0 Å². The van der Waals surface area contributed by atoms with Crippen molar-refractivity contribution in [3.05, 3.63) is 0 Å². The lowest BCUT2D eigenvalue weighted by Crippen LogP contribution is -2.52. The molecule has 2 aliphatic rings. The number of hydrogen-bond donors (Lipinski definition) is 2. The Morgan fingerprint density at radius 2 is 1.89 bits per heavy atom. The van der Waals surface area contributed by atoms with E-state index in [1.54, 1.807) is 4.90 Å². The van der Waals surface area contributed by atoms with E-state index in [4.69, 9.17) is 23.7 Å². The summed E-state index contributed by atoms with van der Waals surface area (Å²) in [5, 5.41) is 0. The first-order chi connectivity index (χ1) is 8.38. The second kappa shape index (κ2) is 4.50. The first-order valence-corrected chi connectivity index (χ1v) is 6.69. The summed E-state index contributed by atoms with van der Waals surface area (Å²) in [7, 11) is 0. The molecule has 2 atom stereocenters. The minimum atomic E-state index is -0.636. The smallest absolute Gasteiger partial charge is 0.235 e. The highest BCUT2D eigenvalue weighted by molar-refractivity contribution is 7.80. The number of likely N-dealkylation sites (tertiary alicyclic amines) is 1. The number of primary amides is 1. The lowest BCUT2D eigenvalue weighted by Gasteiger charge is -2.38. The van der Waals surface area contributed by atoms with E-state index >= 15 is 0 Å². The zero-order chi connectivity index (χ0) is 13.5. The lowest BCUT2D eigenvalue weighted by molar-refractivity contribution is -0.140. The van der Waals surface area contributed by atoms with Crippen molar-refractivity contribution in [1.82, 2.24) is 4.90 Å². The zero-order valence-corrected chi connectivity index (χ0v) is 11.3. The first kappa shape index (κ1) is 13.3. The van der Waals surface area contributed by atoms with Crippen LogP contribution in [0.5, 0.6) is 0 Å². The molecular weight excluding hydrogens is 250 g/mol. The first-order valence-electron chi connectivity index (χ1n) is 6.29. The molecule has 2 fully saturated rings. The van der Waals surface area contributed by atoms with E-state index in [1.807, 2.05) is 6.92 Å². The molecule has 0 aromatic carbocycles. The van der Waals surface area contributed by atoms with Crippen LogP contribution in [0.4, 0.5) is 0 Å². The molecule has 0 aromatic rings. The number of piperidine rings is 1. The van der Waals surface area contributed by atoms with Crippen LogP contribution in [0, 0.1) is 11.3 Å². The molecule has 5 nitrogen and oxygen atoms in total. The summed E-state index contributed by atoms with van der Waals surface area (Å²) in [6.45, 7) is 2.39. The monoisotopic (exact) mass is 269 g/mol. The van der Waals surface area contributed by atoms with Crippen molar-refractivity contribution >= 4 is 29.0 Å². The van der Waals surface area contributed by atoms with E-state index in [0.717, 1.165) is 25.7 Å². The number of nitrogens with two attached hydrogens (primary N) is 2. The van der Waals surface area contributed by atoms with Gasteiger partial charge in [0.05, 0.1) is 16.3 Å². The highest BCUT2D eigenvalue weighted by Crippen LogP contribution is 2.48. The van der Waals surface area contributed by atoms with Crippen LogP contribution in [0.1, 0.15) is 32.6 Å². The third-order valence-electron chi connectivity index (χ3n) is 4.18. The molecule has 1 aliphatic carbocycles. The Labute approximate surface area is 112 Å². The lowest BCUT2D eigenvalue weighted by atomic mass is 9.91. The Hall–Kier alpha value is -1.17. The Kier molecular flexibility index (Phi) is 3.31. The summed E-state index contributed by atoms with van der Waals surface area (Å²) in [5.74, 6) is -0.597. The van der Waals surface area contributed by atoms with Gasteiger partial charge in [-0.05, 0) is 32.6 Å². The molecule has 1 saturated heterocycles. The number of amides is 2. The Morgan fingerprint density at radius 3 is 2.33 bits per heavy atom. The summed E-state index contributed by atoms with van der Waals surface area (Å²) in [6.07, 6.45) is 3.00. The molecule has 100 valence electrons. The van der Waals surface area contributed by atoms with Gasteiger partial charge in [-0.3, -0.25) is 9.59 Å². The fraction of sp³-hybridized carbons (Fsp3) is 0.750. The molecule has 1 heterocycles. The molecule has 0 aromatic heterocycles. The minimum Gasteiger partial charge on any atom is -0.392 e. The molecule has 0 bridgehead atoms. The van der Waals surface area contributed by atoms with Crippen molar-refractivity contribution < 1.29 is 9.59 Å².